The molecule has 2 heterocycles. The highest BCUT2D eigenvalue weighted by molar-refractivity contribution is 7.10. The van der Waals surface area contributed by atoms with Crippen molar-refractivity contribution in [3.8, 4) is 0 Å². The first-order valence-corrected chi connectivity index (χ1v) is 9.78. The normalized spacial score (nSPS) is 17.5. The van der Waals surface area contributed by atoms with E-state index in [0.717, 1.165) is 0 Å². The van der Waals surface area contributed by atoms with Crippen LogP contribution in [0.2, 0.25) is 0 Å². The fourth-order valence-corrected chi connectivity index (χ4v) is 3.63. The number of ether oxygens (including phenoxy) is 1. The molecule has 1 aromatic rings. The number of nitrogens with two attached hydrogens (primary N) is 1. The number of hydrogen-bond donors (Lipinski definition) is 1. The lowest BCUT2D eigenvalue weighted by molar-refractivity contribution is 0.0186. The summed E-state index contributed by atoms with van der Waals surface area (Å²) in [5.41, 5.74) is 5.73. The van der Waals surface area contributed by atoms with Gasteiger partial charge in [0.25, 0.3) is 0 Å². The minimum atomic E-state index is -0.475. The molecule has 1 aliphatic rings. The van der Waals surface area contributed by atoms with Gasteiger partial charge in [-0.2, -0.15) is 0 Å². The van der Waals surface area contributed by atoms with Crippen LogP contribution >= 0.6 is 11.3 Å². The number of rotatable bonds is 4. The average Bonchev–Trinajstić information content (AvgIpc) is 3.07. The third kappa shape index (κ3) is 5.88. The van der Waals surface area contributed by atoms with Gasteiger partial charge in [0.05, 0.1) is 12.6 Å². The van der Waals surface area contributed by atoms with E-state index in [1.165, 1.54) is 4.88 Å². The summed E-state index contributed by atoms with van der Waals surface area (Å²) in [5, 5.41) is 2.08. The summed E-state index contributed by atoms with van der Waals surface area (Å²) in [5.74, 6) is 0.539. The van der Waals surface area contributed by atoms with Crippen LogP contribution in [0.4, 0.5) is 4.79 Å². The zero-order valence-corrected chi connectivity index (χ0v) is 17.3. The van der Waals surface area contributed by atoms with Gasteiger partial charge in [-0.3, -0.25) is 4.99 Å². The quantitative estimate of drug-likeness (QED) is 0.639. The summed E-state index contributed by atoms with van der Waals surface area (Å²) >= 11 is 1.73. The van der Waals surface area contributed by atoms with Gasteiger partial charge in [0.1, 0.15) is 5.60 Å². The van der Waals surface area contributed by atoms with Gasteiger partial charge in [0, 0.05) is 31.1 Å². The predicted molar refractivity (Wildman–Crippen MR) is 107 cm³/mol. The smallest absolute Gasteiger partial charge is 0.410 e. The Morgan fingerprint density at radius 2 is 1.92 bits per heavy atom. The maximum absolute atomic E-state index is 12.1. The third-order valence-electron chi connectivity index (χ3n) is 4.18. The maximum atomic E-state index is 12.1. The number of aliphatic imine (C=N–C) groups is 1. The number of likely N-dealkylation sites (N-methyl/N-ethyl adjacent to an activating group) is 1. The number of carbonyl (C=O) groups excluding carboxylic acids is 1. The largest absolute Gasteiger partial charge is 0.444 e. The molecule has 0 saturated carbocycles. The van der Waals surface area contributed by atoms with Crippen LogP contribution in [0.5, 0.6) is 0 Å². The molecule has 1 amide bonds. The molecule has 1 unspecified atom stereocenters. The minimum Gasteiger partial charge on any atom is -0.444 e. The molecule has 26 heavy (non-hydrogen) atoms. The molecule has 1 fully saturated rings. The first kappa shape index (κ1) is 20.5. The summed E-state index contributed by atoms with van der Waals surface area (Å²) in [4.78, 5) is 23.9. The van der Waals surface area contributed by atoms with E-state index >= 15 is 0 Å². The number of hydrogen-bond acceptors (Lipinski definition) is 5. The third-order valence-corrected chi connectivity index (χ3v) is 5.15. The number of carbonyl (C=O) groups is 1. The molecule has 0 aliphatic carbocycles. The van der Waals surface area contributed by atoms with Crippen LogP contribution < -0.4 is 5.73 Å². The molecular formula is C18H31N5O2S. The highest BCUT2D eigenvalue weighted by Crippen LogP contribution is 2.23. The molecule has 2 N–H and O–H groups in total. The summed E-state index contributed by atoms with van der Waals surface area (Å²) in [6.07, 6.45) is -0.266. The molecule has 7 nitrogen and oxygen atoms in total. The van der Waals surface area contributed by atoms with Crippen LogP contribution in [-0.2, 0) is 4.74 Å². The van der Waals surface area contributed by atoms with E-state index in [0.29, 0.717) is 38.7 Å². The average molecular weight is 382 g/mol. The summed E-state index contributed by atoms with van der Waals surface area (Å²) < 4.78 is 5.42. The Hall–Kier alpha value is -1.80. The van der Waals surface area contributed by atoms with Crippen molar-refractivity contribution in [3.05, 3.63) is 22.4 Å². The van der Waals surface area contributed by atoms with Crippen LogP contribution in [0, 0.1) is 0 Å². The summed E-state index contributed by atoms with van der Waals surface area (Å²) in [6.45, 7) is 8.76. The van der Waals surface area contributed by atoms with E-state index in [-0.39, 0.29) is 12.1 Å². The molecule has 1 aliphatic heterocycles. The number of nitrogens with zero attached hydrogens (tertiary/aromatic N) is 4. The Kier molecular flexibility index (Phi) is 6.88. The van der Waals surface area contributed by atoms with Crippen molar-refractivity contribution in [1.29, 1.82) is 0 Å². The number of piperazine rings is 1. The fraction of sp³-hybridized carbons (Fsp3) is 0.667. The van der Waals surface area contributed by atoms with E-state index < -0.39 is 5.60 Å². The van der Waals surface area contributed by atoms with Gasteiger partial charge in [0.2, 0.25) is 0 Å². The fourth-order valence-electron chi connectivity index (χ4n) is 2.71. The monoisotopic (exact) mass is 381 g/mol. The maximum Gasteiger partial charge on any atom is 0.410 e. The van der Waals surface area contributed by atoms with Crippen molar-refractivity contribution >= 4 is 23.4 Å². The van der Waals surface area contributed by atoms with Crippen molar-refractivity contribution in [2.75, 3.05) is 46.8 Å². The molecule has 8 heteroatoms. The van der Waals surface area contributed by atoms with Crippen LogP contribution in [0.25, 0.3) is 0 Å². The number of thiophene rings is 1. The molecule has 1 saturated heterocycles. The molecular weight excluding hydrogens is 350 g/mol. The Morgan fingerprint density at radius 3 is 2.42 bits per heavy atom. The number of amides is 1. The second-order valence-electron chi connectivity index (χ2n) is 7.65. The number of guanidine groups is 1. The van der Waals surface area contributed by atoms with E-state index in [1.807, 2.05) is 25.7 Å². The molecule has 0 aromatic carbocycles. The Balaban J connectivity index is 1.88. The lowest BCUT2D eigenvalue weighted by Crippen LogP contribution is -2.53. The molecule has 1 atom stereocenters. The van der Waals surface area contributed by atoms with Crippen molar-refractivity contribution in [2.45, 2.75) is 32.4 Å². The zero-order valence-electron chi connectivity index (χ0n) is 16.4. The molecule has 0 bridgehead atoms. The van der Waals surface area contributed by atoms with Gasteiger partial charge in [0.15, 0.2) is 5.96 Å². The highest BCUT2D eigenvalue weighted by atomic mass is 32.1. The van der Waals surface area contributed by atoms with Crippen LogP contribution in [-0.4, -0.2) is 79.2 Å². The van der Waals surface area contributed by atoms with Crippen molar-refractivity contribution in [2.24, 2.45) is 10.7 Å². The Bertz CT molecular complexity index is 602. The van der Waals surface area contributed by atoms with Gasteiger partial charge in [-0.15, -0.1) is 11.3 Å². The first-order valence-electron chi connectivity index (χ1n) is 8.90. The lowest BCUT2D eigenvalue weighted by Gasteiger charge is -2.36. The van der Waals surface area contributed by atoms with E-state index in [1.54, 1.807) is 16.2 Å². The summed E-state index contributed by atoms with van der Waals surface area (Å²) in [6, 6.07) is 4.40. The second kappa shape index (κ2) is 8.73. The lowest BCUT2D eigenvalue weighted by atomic mass is 10.2. The van der Waals surface area contributed by atoms with Crippen LogP contribution in [0.15, 0.2) is 22.5 Å². The van der Waals surface area contributed by atoms with Gasteiger partial charge < -0.3 is 25.2 Å². The molecule has 146 valence electrons. The first-order chi connectivity index (χ1) is 12.2. The SMILES string of the molecule is CN(C)C(CN=C(N)N1CCN(C(=O)OC(C)(C)C)CC1)c1cccs1. The van der Waals surface area contributed by atoms with Crippen molar-refractivity contribution in [1.82, 2.24) is 14.7 Å². The van der Waals surface area contributed by atoms with Gasteiger partial charge in [-0.05, 0) is 46.3 Å². The predicted octanol–water partition coefficient (Wildman–Crippen LogP) is 2.22. The minimum absolute atomic E-state index is 0.219. The van der Waals surface area contributed by atoms with Crippen LogP contribution in [0.1, 0.15) is 31.7 Å². The van der Waals surface area contributed by atoms with Gasteiger partial charge in [-0.1, -0.05) is 6.07 Å². The van der Waals surface area contributed by atoms with Gasteiger partial charge >= 0.3 is 6.09 Å². The van der Waals surface area contributed by atoms with E-state index in [9.17, 15) is 4.79 Å². The summed E-state index contributed by atoms with van der Waals surface area (Å²) in [7, 11) is 4.10. The van der Waals surface area contributed by atoms with E-state index in [2.05, 4.69) is 41.5 Å². The zero-order chi connectivity index (χ0) is 19.3. The molecule has 0 spiro atoms. The molecule has 2 rings (SSSR count). The van der Waals surface area contributed by atoms with Crippen molar-refractivity contribution < 1.29 is 9.53 Å². The van der Waals surface area contributed by atoms with Crippen LogP contribution in [0.3, 0.4) is 0 Å². The molecule has 1 aromatic heterocycles. The highest BCUT2D eigenvalue weighted by Gasteiger charge is 2.26. The Morgan fingerprint density at radius 1 is 1.31 bits per heavy atom. The second-order valence-corrected chi connectivity index (χ2v) is 8.63. The topological polar surface area (TPSA) is 74.4 Å². The Labute approximate surface area is 160 Å². The molecule has 0 radical (unpaired) electrons. The van der Waals surface area contributed by atoms with Gasteiger partial charge in [-0.25, -0.2) is 4.79 Å². The standard InChI is InChI=1S/C18H31N5O2S/c1-18(2,3)25-17(24)23-10-8-22(9-11-23)16(19)20-13-14(21(4)5)15-7-6-12-26-15/h6-7,12,14H,8-11,13H2,1-5H3,(H2,19,20). The van der Waals surface area contributed by atoms with E-state index in [4.69, 9.17) is 10.5 Å². The van der Waals surface area contributed by atoms with Crippen molar-refractivity contribution in [3.63, 3.8) is 0 Å².